The third-order valence-electron chi connectivity index (χ3n) is 2.42. The van der Waals surface area contributed by atoms with Crippen molar-refractivity contribution in [2.75, 3.05) is 0 Å². The van der Waals surface area contributed by atoms with E-state index in [4.69, 9.17) is 0 Å². The highest BCUT2D eigenvalue weighted by atomic mass is 16.3. The van der Waals surface area contributed by atoms with Crippen molar-refractivity contribution < 1.29 is 20.1 Å². The number of phenols is 3. The predicted octanol–water partition coefficient (Wildman–Crippen LogP) is 2.59. The molecule has 0 atom stereocenters. The van der Waals surface area contributed by atoms with Crippen molar-refractivity contribution >= 4 is 5.78 Å². The summed E-state index contributed by atoms with van der Waals surface area (Å²) < 4.78 is 0. The lowest BCUT2D eigenvalue weighted by Gasteiger charge is -2.21. The van der Waals surface area contributed by atoms with E-state index in [2.05, 4.69) is 0 Å². The number of hydrogen-bond acceptors (Lipinski definition) is 4. The summed E-state index contributed by atoms with van der Waals surface area (Å²) in [7, 11) is 0. The summed E-state index contributed by atoms with van der Waals surface area (Å²) in [6.45, 7) is 7.11. The van der Waals surface area contributed by atoms with Crippen LogP contribution >= 0.6 is 0 Å². The van der Waals surface area contributed by atoms with Crippen LogP contribution in [0.2, 0.25) is 0 Å². The molecule has 0 aliphatic carbocycles. The van der Waals surface area contributed by atoms with Crippen LogP contribution in [-0.4, -0.2) is 21.1 Å². The van der Waals surface area contributed by atoms with Crippen LogP contribution in [0.15, 0.2) is 6.07 Å². The number of carbonyl (C=O) groups excluding carboxylic acids is 1. The Kier molecular flexibility index (Phi) is 3.36. The van der Waals surface area contributed by atoms with Crippen LogP contribution in [0.1, 0.15) is 43.6 Å². The van der Waals surface area contributed by atoms with Crippen molar-refractivity contribution in [2.24, 2.45) is 5.41 Å². The summed E-state index contributed by atoms with van der Waals surface area (Å²) in [6.07, 6.45) is 0.408. The van der Waals surface area contributed by atoms with Crippen molar-refractivity contribution in [3.05, 3.63) is 17.2 Å². The summed E-state index contributed by atoms with van der Waals surface area (Å²) in [5.41, 5.74) is 0.00235. The zero-order valence-corrected chi connectivity index (χ0v) is 10.5. The summed E-state index contributed by atoms with van der Waals surface area (Å²) in [5.74, 6) is -1.36. The molecule has 0 spiro atoms. The highest BCUT2D eigenvalue weighted by Crippen LogP contribution is 2.40. The van der Waals surface area contributed by atoms with Gasteiger partial charge in [0.15, 0.2) is 5.78 Å². The quantitative estimate of drug-likeness (QED) is 0.692. The van der Waals surface area contributed by atoms with E-state index in [0.29, 0.717) is 12.0 Å². The van der Waals surface area contributed by atoms with Gasteiger partial charge in [0, 0.05) is 11.6 Å². The normalized spacial score (nSPS) is 11.5. The molecule has 0 heterocycles. The van der Waals surface area contributed by atoms with Crippen LogP contribution < -0.4 is 0 Å². The van der Waals surface area contributed by atoms with Gasteiger partial charge in [0.2, 0.25) is 0 Å². The van der Waals surface area contributed by atoms with Crippen LogP contribution in [0.5, 0.6) is 17.2 Å². The van der Waals surface area contributed by atoms with Crippen molar-refractivity contribution in [2.45, 2.75) is 34.1 Å². The third kappa shape index (κ3) is 2.90. The lowest BCUT2D eigenvalue weighted by Crippen LogP contribution is -2.10. The van der Waals surface area contributed by atoms with E-state index in [9.17, 15) is 20.1 Å². The number of rotatable bonds is 2. The largest absolute Gasteiger partial charge is 0.507 e. The number of phenolic OH excluding ortho intramolecular Hbond substituents is 3. The van der Waals surface area contributed by atoms with E-state index < -0.39 is 11.5 Å². The zero-order valence-electron chi connectivity index (χ0n) is 10.5. The molecule has 94 valence electrons. The first kappa shape index (κ1) is 13.4. The van der Waals surface area contributed by atoms with Gasteiger partial charge in [-0.3, -0.25) is 4.79 Å². The van der Waals surface area contributed by atoms with E-state index in [1.54, 1.807) is 0 Å². The van der Waals surface area contributed by atoms with Crippen molar-refractivity contribution in [3.8, 4) is 17.2 Å². The number of carbonyl (C=O) groups is 1. The van der Waals surface area contributed by atoms with Crippen LogP contribution in [0.4, 0.5) is 0 Å². The monoisotopic (exact) mass is 238 g/mol. The van der Waals surface area contributed by atoms with Gasteiger partial charge in [0.1, 0.15) is 22.8 Å². The fraction of sp³-hybridized carbons (Fsp3) is 0.462. The second kappa shape index (κ2) is 4.28. The lowest BCUT2D eigenvalue weighted by molar-refractivity contribution is 0.101. The van der Waals surface area contributed by atoms with Crippen LogP contribution in [0, 0.1) is 5.41 Å². The molecule has 0 bridgehead atoms. The van der Waals surface area contributed by atoms with Crippen LogP contribution in [0.3, 0.4) is 0 Å². The Morgan fingerprint density at radius 3 is 2.12 bits per heavy atom. The van der Waals surface area contributed by atoms with Crippen molar-refractivity contribution in [3.63, 3.8) is 0 Å². The lowest BCUT2D eigenvalue weighted by atomic mass is 9.86. The Balaban J connectivity index is 3.41. The molecule has 4 heteroatoms. The minimum Gasteiger partial charge on any atom is -0.507 e. The van der Waals surface area contributed by atoms with Gasteiger partial charge >= 0.3 is 0 Å². The van der Waals surface area contributed by atoms with Crippen LogP contribution in [-0.2, 0) is 6.42 Å². The number of aromatic hydroxyl groups is 3. The summed E-state index contributed by atoms with van der Waals surface area (Å²) in [6, 6.07) is 1.09. The van der Waals surface area contributed by atoms with E-state index in [0.717, 1.165) is 6.07 Å². The topological polar surface area (TPSA) is 77.8 Å². The second-order valence-electron chi connectivity index (χ2n) is 5.41. The molecule has 3 N–H and O–H groups in total. The minimum atomic E-state index is -0.435. The SMILES string of the molecule is CC(=O)c1c(O)cc(O)c(CC(C)(C)C)c1O. The van der Waals surface area contributed by atoms with Gasteiger partial charge in [-0.1, -0.05) is 20.8 Å². The molecule has 1 aromatic carbocycles. The van der Waals surface area contributed by atoms with Gasteiger partial charge in [0.25, 0.3) is 0 Å². The third-order valence-corrected chi connectivity index (χ3v) is 2.42. The Hall–Kier alpha value is -1.71. The highest BCUT2D eigenvalue weighted by Gasteiger charge is 2.23. The molecule has 0 unspecified atom stereocenters. The molecule has 0 saturated carbocycles. The zero-order chi connectivity index (χ0) is 13.4. The van der Waals surface area contributed by atoms with Gasteiger partial charge in [-0.2, -0.15) is 0 Å². The average Bonchev–Trinajstić information content (AvgIpc) is 2.09. The van der Waals surface area contributed by atoms with Gasteiger partial charge in [-0.15, -0.1) is 0 Å². The molecule has 1 rings (SSSR count). The Morgan fingerprint density at radius 2 is 1.71 bits per heavy atom. The first-order valence-corrected chi connectivity index (χ1v) is 5.41. The standard InChI is InChI=1S/C13H18O4/c1-7(14)11-10(16)5-9(15)8(12(11)17)6-13(2,3)4/h5,15-17H,6H2,1-4H3. The summed E-state index contributed by atoms with van der Waals surface area (Å²) >= 11 is 0. The Morgan fingerprint density at radius 1 is 1.18 bits per heavy atom. The Labute approximate surface area is 101 Å². The van der Waals surface area contributed by atoms with Crippen LogP contribution in [0.25, 0.3) is 0 Å². The number of hydrogen-bond donors (Lipinski definition) is 3. The van der Waals surface area contributed by atoms with Gasteiger partial charge in [-0.05, 0) is 18.8 Å². The first-order valence-electron chi connectivity index (χ1n) is 5.41. The maximum atomic E-state index is 11.3. The maximum absolute atomic E-state index is 11.3. The molecule has 0 fully saturated rings. The molecular formula is C13H18O4. The van der Waals surface area contributed by atoms with E-state index >= 15 is 0 Å². The predicted molar refractivity (Wildman–Crippen MR) is 64.6 cm³/mol. The first-order chi connectivity index (χ1) is 7.63. The fourth-order valence-corrected chi connectivity index (χ4v) is 1.73. The molecule has 0 aromatic heterocycles. The Bertz CT molecular complexity index is 455. The average molecular weight is 238 g/mol. The molecule has 0 amide bonds. The number of ketones is 1. The molecule has 0 aliphatic heterocycles. The molecule has 17 heavy (non-hydrogen) atoms. The molecule has 1 aromatic rings. The maximum Gasteiger partial charge on any atom is 0.167 e. The van der Waals surface area contributed by atoms with E-state index in [-0.39, 0.29) is 22.5 Å². The van der Waals surface area contributed by atoms with Crippen molar-refractivity contribution in [1.82, 2.24) is 0 Å². The molecule has 0 radical (unpaired) electrons. The second-order valence-corrected chi connectivity index (χ2v) is 5.41. The highest BCUT2D eigenvalue weighted by molar-refractivity contribution is 6.00. The summed E-state index contributed by atoms with van der Waals surface area (Å²) in [4.78, 5) is 11.3. The molecule has 0 aliphatic rings. The number of Topliss-reactive ketones (excluding diaryl/α,β-unsaturated/α-hetero) is 1. The number of benzene rings is 1. The van der Waals surface area contributed by atoms with Gasteiger partial charge < -0.3 is 15.3 Å². The van der Waals surface area contributed by atoms with E-state index in [1.165, 1.54) is 6.92 Å². The minimum absolute atomic E-state index is 0.137. The summed E-state index contributed by atoms with van der Waals surface area (Å²) in [5, 5.41) is 29.2. The smallest absolute Gasteiger partial charge is 0.167 e. The molecular weight excluding hydrogens is 220 g/mol. The fourth-order valence-electron chi connectivity index (χ4n) is 1.73. The van der Waals surface area contributed by atoms with Crippen molar-refractivity contribution in [1.29, 1.82) is 0 Å². The molecule has 4 nitrogen and oxygen atoms in total. The molecule has 0 saturated heterocycles. The van der Waals surface area contributed by atoms with E-state index in [1.807, 2.05) is 20.8 Å². The van der Waals surface area contributed by atoms with Gasteiger partial charge in [0.05, 0.1) is 0 Å². The van der Waals surface area contributed by atoms with Gasteiger partial charge in [-0.25, -0.2) is 0 Å².